The molecule has 2 aromatic rings. The molecule has 3 N–H and O–H groups in total. The summed E-state index contributed by atoms with van der Waals surface area (Å²) in [6.07, 6.45) is 0. The Morgan fingerprint density at radius 3 is 2.43 bits per heavy atom. The normalized spacial score (nSPS) is 10.0. The van der Waals surface area contributed by atoms with E-state index in [2.05, 4.69) is 10.6 Å². The molecule has 0 atom stereocenters. The summed E-state index contributed by atoms with van der Waals surface area (Å²) in [5.74, 6) is -0.709. The number of rotatable bonds is 3. The number of carbonyl (C=O) groups is 2. The number of halogens is 1. The van der Waals surface area contributed by atoms with Crippen LogP contribution in [0.4, 0.5) is 5.69 Å². The van der Waals surface area contributed by atoms with Gasteiger partial charge in [-0.15, -0.1) is 0 Å². The van der Waals surface area contributed by atoms with Gasteiger partial charge in [0.05, 0.1) is 5.02 Å². The summed E-state index contributed by atoms with van der Waals surface area (Å²) in [7, 11) is 1.53. The van der Waals surface area contributed by atoms with Gasteiger partial charge in [0, 0.05) is 23.9 Å². The molecule has 0 saturated heterocycles. The van der Waals surface area contributed by atoms with Gasteiger partial charge >= 0.3 is 0 Å². The van der Waals surface area contributed by atoms with Crippen LogP contribution in [0.2, 0.25) is 5.02 Å². The molecule has 0 bridgehead atoms. The zero-order chi connectivity index (χ0) is 15.4. The maximum atomic E-state index is 12.1. The second-order valence-corrected chi connectivity index (χ2v) is 4.69. The van der Waals surface area contributed by atoms with Crippen LogP contribution in [-0.2, 0) is 0 Å². The number of anilines is 1. The van der Waals surface area contributed by atoms with Gasteiger partial charge in [-0.25, -0.2) is 0 Å². The summed E-state index contributed by atoms with van der Waals surface area (Å²) < 4.78 is 0. The zero-order valence-corrected chi connectivity index (χ0v) is 11.9. The fourth-order valence-corrected chi connectivity index (χ4v) is 1.91. The molecule has 2 amide bonds. The fraction of sp³-hybridized carbons (Fsp3) is 0.0667. The van der Waals surface area contributed by atoms with Crippen LogP contribution in [-0.4, -0.2) is 24.0 Å². The molecule has 2 aromatic carbocycles. The van der Waals surface area contributed by atoms with Gasteiger partial charge in [0.1, 0.15) is 5.75 Å². The van der Waals surface area contributed by atoms with E-state index in [9.17, 15) is 14.7 Å². The Morgan fingerprint density at radius 2 is 1.76 bits per heavy atom. The molecule has 0 unspecified atom stereocenters. The van der Waals surface area contributed by atoms with Crippen molar-refractivity contribution in [3.63, 3.8) is 0 Å². The number of aromatic hydroxyl groups is 1. The second-order valence-electron chi connectivity index (χ2n) is 4.28. The van der Waals surface area contributed by atoms with Crippen LogP contribution < -0.4 is 10.6 Å². The van der Waals surface area contributed by atoms with Crippen LogP contribution in [0.25, 0.3) is 0 Å². The van der Waals surface area contributed by atoms with Crippen LogP contribution in [0.3, 0.4) is 0 Å². The maximum absolute atomic E-state index is 12.1. The first-order valence-electron chi connectivity index (χ1n) is 6.13. The number of carbonyl (C=O) groups excluding carboxylic acids is 2. The molecular formula is C15H13ClN2O3. The molecule has 0 fully saturated rings. The van der Waals surface area contributed by atoms with Gasteiger partial charge in [0.15, 0.2) is 0 Å². The van der Waals surface area contributed by atoms with Gasteiger partial charge in [-0.05, 0) is 36.4 Å². The van der Waals surface area contributed by atoms with E-state index in [0.29, 0.717) is 16.8 Å². The van der Waals surface area contributed by atoms with E-state index in [1.807, 2.05) is 0 Å². The van der Waals surface area contributed by atoms with E-state index >= 15 is 0 Å². The highest BCUT2D eigenvalue weighted by Crippen LogP contribution is 2.24. The lowest BCUT2D eigenvalue weighted by Crippen LogP contribution is -2.18. The molecule has 0 radical (unpaired) electrons. The number of hydrogen-bond donors (Lipinski definition) is 3. The summed E-state index contributed by atoms with van der Waals surface area (Å²) in [5.41, 5.74) is 1.24. The predicted octanol–water partition coefficient (Wildman–Crippen LogP) is 2.66. The number of hydrogen-bond acceptors (Lipinski definition) is 3. The summed E-state index contributed by atoms with van der Waals surface area (Å²) in [5, 5.41) is 14.6. The molecule has 0 heterocycles. The quantitative estimate of drug-likeness (QED) is 0.815. The van der Waals surface area contributed by atoms with Crippen molar-refractivity contribution in [1.82, 2.24) is 5.32 Å². The molecule has 0 aliphatic rings. The SMILES string of the molecule is CNC(=O)c1cccc(NC(=O)c2ccc(O)c(Cl)c2)c1. The highest BCUT2D eigenvalue weighted by molar-refractivity contribution is 6.32. The third-order valence-electron chi connectivity index (χ3n) is 2.82. The average molecular weight is 305 g/mol. The molecule has 108 valence electrons. The molecule has 0 aliphatic heterocycles. The molecule has 21 heavy (non-hydrogen) atoms. The number of phenols is 1. The Balaban J connectivity index is 2.19. The molecular weight excluding hydrogens is 292 g/mol. The Kier molecular flexibility index (Phi) is 4.45. The zero-order valence-electron chi connectivity index (χ0n) is 11.2. The standard InChI is InChI=1S/C15H13ClN2O3/c1-17-14(20)9-3-2-4-11(7-9)18-15(21)10-5-6-13(19)12(16)8-10/h2-8,19H,1H3,(H,17,20)(H,18,21). The van der Waals surface area contributed by atoms with Crippen molar-refractivity contribution in [3.8, 4) is 5.75 Å². The van der Waals surface area contributed by atoms with Crippen LogP contribution in [0.15, 0.2) is 42.5 Å². The lowest BCUT2D eigenvalue weighted by Gasteiger charge is -2.07. The summed E-state index contributed by atoms with van der Waals surface area (Å²) >= 11 is 5.76. The van der Waals surface area contributed by atoms with Crippen LogP contribution in [0.1, 0.15) is 20.7 Å². The predicted molar refractivity (Wildman–Crippen MR) is 80.9 cm³/mol. The van der Waals surface area contributed by atoms with Gasteiger partial charge < -0.3 is 15.7 Å². The Morgan fingerprint density at radius 1 is 1.05 bits per heavy atom. The molecule has 2 rings (SSSR count). The van der Waals surface area contributed by atoms with Crippen LogP contribution in [0.5, 0.6) is 5.75 Å². The monoisotopic (exact) mass is 304 g/mol. The fourth-order valence-electron chi connectivity index (χ4n) is 1.73. The van der Waals surface area contributed by atoms with E-state index < -0.39 is 0 Å². The van der Waals surface area contributed by atoms with Crippen molar-refractivity contribution in [2.45, 2.75) is 0 Å². The first-order valence-corrected chi connectivity index (χ1v) is 6.51. The first kappa shape index (κ1) is 14.9. The minimum Gasteiger partial charge on any atom is -0.506 e. The van der Waals surface area contributed by atoms with Crippen molar-refractivity contribution in [2.75, 3.05) is 12.4 Å². The van der Waals surface area contributed by atoms with E-state index in [-0.39, 0.29) is 22.6 Å². The molecule has 0 aromatic heterocycles. The van der Waals surface area contributed by atoms with Crippen molar-refractivity contribution in [2.24, 2.45) is 0 Å². The third kappa shape index (κ3) is 3.52. The minimum atomic E-state index is -0.383. The number of amides is 2. The smallest absolute Gasteiger partial charge is 0.255 e. The van der Waals surface area contributed by atoms with Gasteiger partial charge in [-0.1, -0.05) is 17.7 Å². The molecule has 5 nitrogen and oxygen atoms in total. The van der Waals surface area contributed by atoms with Gasteiger partial charge in [-0.3, -0.25) is 9.59 Å². The van der Waals surface area contributed by atoms with Crippen molar-refractivity contribution in [1.29, 1.82) is 0 Å². The topological polar surface area (TPSA) is 78.4 Å². The number of phenolic OH excluding ortho intramolecular Hbond substituents is 1. The summed E-state index contributed by atoms with van der Waals surface area (Å²) in [4.78, 5) is 23.6. The van der Waals surface area contributed by atoms with Crippen LogP contribution in [0, 0.1) is 0 Å². The van der Waals surface area contributed by atoms with Gasteiger partial charge in [-0.2, -0.15) is 0 Å². The lowest BCUT2D eigenvalue weighted by molar-refractivity contribution is 0.0961. The molecule has 0 aliphatic carbocycles. The molecule has 0 saturated carbocycles. The lowest BCUT2D eigenvalue weighted by atomic mass is 10.1. The van der Waals surface area contributed by atoms with Gasteiger partial charge in [0.25, 0.3) is 11.8 Å². The van der Waals surface area contributed by atoms with Gasteiger partial charge in [0.2, 0.25) is 0 Å². The van der Waals surface area contributed by atoms with E-state index in [1.165, 1.54) is 25.2 Å². The van der Waals surface area contributed by atoms with E-state index in [4.69, 9.17) is 11.6 Å². The maximum Gasteiger partial charge on any atom is 0.255 e. The summed E-state index contributed by atoms with van der Waals surface area (Å²) in [6, 6.07) is 10.7. The second kappa shape index (κ2) is 6.28. The largest absolute Gasteiger partial charge is 0.506 e. The average Bonchev–Trinajstić information content (AvgIpc) is 2.49. The Labute approximate surface area is 126 Å². The molecule has 0 spiro atoms. The number of nitrogens with one attached hydrogen (secondary N) is 2. The van der Waals surface area contributed by atoms with Crippen LogP contribution >= 0.6 is 11.6 Å². The molecule has 6 heteroatoms. The summed E-state index contributed by atoms with van der Waals surface area (Å²) in [6.45, 7) is 0. The first-order chi connectivity index (χ1) is 10.0. The van der Waals surface area contributed by atoms with E-state index in [1.54, 1.807) is 24.3 Å². The third-order valence-corrected chi connectivity index (χ3v) is 3.12. The highest BCUT2D eigenvalue weighted by Gasteiger charge is 2.10. The van der Waals surface area contributed by atoms with E-state index in [0.717, 1.165) is 0 Å². The van der Waals surface area contributed by atoms with Crippen molar-refractivity contribution in [3.05, 3.63) is 58.6 Å². The van der Waals surface area contributed by atoms with Crippen molar-refractivity contribution >= 4 is 29.1 Å². The Bertz CT molecular complexity index is 701. The minimum absolute atomic E-state index is 0.0881. The number of benzene rings is 2. The van der Waals surface area contributed by atoms with Crippen molar-refractivity contribution < 1.29 is 14.7 Å². The Hall–Kier alpha value is -2.53. The highest BCUT2D eigenvalue weighted by atomic mass is 35.5.